The van der Waals surface area contributed by atoms with Crippen molar-refractivity contribution in [1.29, 1.82) is 0 Å². The molecule has 0 aliphatic rings. The Morgan fingerprint density at radius 1 is 1.21 bits per heavy atom. The lowest BCUT2D eigenvalue weighted by atomic mass is 10.4. The van der Waals surface area contributed by atoms with Crippen molar-refractivity contribution >= 4 is 31.9 Å². The quantitative estimate of drug-likeness (QED) is 0.811. The first-order valence-corrected chi connectivity index (χ1v) is 5.44. The van der Waals surface area contributed by atoms with Crippen molar-refractivity contribution in [2.75, 3.05) is 0 Å². The second-order valence-electron chi connectivity index (χ2n) is 2.69. The maximum Gasteiger partial charge on any atom is 0.147 e. The van der Waals surface area contributed by atoms with E-state index < -0.39 is 0 Å². The summed E-state index contributed by atoms with van der Waals surface area (Å²) in [5.74, 6) is 0.737. The van der Waals surface area contributed by atoms with Crippen LogP contribution in [0.3, 0.4) is 0 Å². The number of rotatable bonds is 1. The van der Waals surface area contributed by atoms with Gasteiger partial charge in [0, 0.05) is 12.4 Å². The third kappa shape index (κ3) is 1.72. The number of aromatic nitrogens is 4. The molecular formula is C8H6Br2N4. The predicted octanol–water partition coefficient (Wildman–Crippen LogP) is 2.50. The zero-order chi connectivity index (χ0) is 10.1. The summed E-state index contributed by atoms with van der Waals surface area (Å²) < 4.78 is 3.44. The number of nitrogens with zero attached hydrogens (tertiary/aromatic N) is 4. The highest BCUT2D eigenvalue weighted by molar-refractivity contribution is 9.11. The van der Waals surface area contributed by atoms with E-state index in [1.807, 2.05) is 6.92 Å². The van der Waals surface area contributed by atoms with Crippen LogP contribution in [0.2, 0.25) is 0 Å². The topological polar surface area (TPSA) is 43.6 Å². The number of pyridine rings is 1. The van der Waals surface area contributed by atoms with Crippen LogP contribution >= 0.6 is 31.9 Å². The molecular weight excluding hydrogens is 312 g/mol. The van der Waals surface area contributed by atoms with Crippen LogP contribution in [0.5, 0.6) is 0 Å². The smallest absolute Gasteiger partial charge is 0.147 e. The van der Waals surface area contributed by atoms with Crippen molar-refractivity contribution in [3.63, 3.8) is 0 Å². The third-order valence-electron chi connectivity index (χ3n) is 1.66. The van der Waals surface area contributed by atoms with Gasteiger partial charge < -0.3 is 0 Å². The molecule has 0 aromatic carbocycles. The molecule has 4 nitrogen and oxygen atoms in total. The van der Waals surface area contributed by atoms with Gasteiger partial charge in [-0.2, -0.15) is 5.10 Å². The average molecular weight is 318 g/mol. The zero-order valence-electron chi connectivity index (χ0n) is 7.28. The Morgan fingerprint density at radius 3 is 2.36 bits per heavy atom. The molecule has 0 unspecified atom stereocenters. The highest BCUT2D eigenvalue weighted by Crippen LogP contribution is 2.26. The maximum atomic E-state index is 4.22. The Morgan fingerprint density at radius 2 is 1.86 bits per heavy atom. The fourth-order valence-electron chi connectivity index (χ4n) is 1.08. The summed E-state index contributed by atoms with van der Waals surface area (Å²) in [5.41, 5.74) is 0.903. The van der Waals surface area contributed by atoms with Crippen molar-refractivity contribution in [1.82, 2.24) is 19.7 Å². The lowest BCUT2D eigenvalue weighted by Crippen LogP contribution is -1.98. The van der Waals surface area contributed by atoms with E-state index in [9.17, 15) is 0 Å². The van der Waals surface area contributed by atoms with Gasteiger partial charge in [0.25, 0.3) is 0 Å². The first-order chi connectivity index (χ1) is 6.68. The van der Waals surface area contributed by atoms with Crippen LogP contribution in [0.4, 0.5) is 0 Å². The van der Waals surface area contributed by atoms with Crippen molar-refractivity contribution < 1.29 is 0 Å². The number of hydrogen-bond donors (Lipinski definition) is 0. The van der Waals surface area contributed by atoms with Crippen LogP contribution in [0.1, 0.15) is 5.82 Å². The van der Waals surface area contributed by atoms with E-state index in [0.717, 1.165) is 20.5 Å². The lowest BCUT2D eigenvalue weighted by Gasteiger charge is -2.04. The summed E-state index contributed by atoms with van der Waals surface area (Å²) in [7, 11) is 0. The summed E-state index contributed by atoms with van der Waals surface area (Å²) >= 11 is 6.82. The molecule has 0 bridgehead atoms. The van der Waals surface area contributed by atoms with Gasteiger partial charge in [-0.05, 0) is 38.8 Å². The van der Waals surface area contributed by atoms with Gasteiger partial charge >= 0.3 is 0 Å². The number of aryl methyl sites for hydroxylation is 1. The molecule has 2 aromatic heterocycles. The molecule has 0 radical (unpaired) electrons. The van der Waals surface area contributed by atoms with E-state index in [4.69, 9.17) is 0 Å². The molecule has 0 amide bonds. The van der Waals surface area contributed by atoms with E-state index in [0.29, 0.717) is 0 Å². The van der Waals surface area contributed by atoms with Crippen LogP contribution in [-0.4, -0.2) is 19.7 Å². The van der Waals surface area contributed by atoms with Gasteiger partial charge in [-0.3, -0.25) is 4.98 Å². The minimum atomic E-state index is 0.737. The number of halogens is 2. The molecule has 0 saturated carbocycles. The maximum absolute atomic E-state index is 4.22. The molecule has 6 heteroatoms. The van der Waals surface area contributed by atoms with Gasteiger partial charge in [0.2, 0.25) is 0 Å². The molecule has 2 rings (SSSR count). The first kappa shape index (κ1) is 9.79. The largest absolute Gasteiger partial charge is 0.262 e. The standard InChI is InChI=1S/C8H6Br2N4/c1-5-12-4-14(13-5)8-6(9)2-11-3-7(8)10/h2-4H,1H3. The summed E-state index contributed by atoms with van der Waals surface area (Å²) in [4.78, 5) is 8.09. The molecule has 0 saturated heterocycles. The first-order valence-electron chi connectivity index (χ1n) is 3.86. The summed E-state index contributed by atoms with van der Waals surface area (Å²) in [6.07, 6.45) is 5.11. The second-order valence-corrected chi connectivity index (χ2v) is 4.40. The van der Waals surface area contributed by atoms with E-state index in [2.05, 4.69) is 46.9 Å². The fraction of sp³-hybridized carbons (Fsp3) is 0.125. The van der Waals surface area contributed by atoms with E-state index >= 15 is 0 Å². The van der Waals surface area contributed by atoms with Gasteiger partial charge in [0.1, 0.15) is 12.2 Å². The van der Waals surface area contributed by atoms with Crippen molar-refractivity contribution in [3.05, 3.63) is 33.5 Å². The molecule has 0 aliphatic heterocycles. The minimum Gasteiger partial charge on any atom is -0.262 e. The highest BCUT2D eigenvalue weighted by Gasteiger charge is 2.08. The van der Waals surface area contributed by atoms with Crippen molar-refractivity contribution in [2.24, 2.45) is 0 Å². The normalized spacial score (nSPS) is 10.5. The summed E-state index contributed by atoms with van der Waals surface area (Å²) in [5, 5.41) is 4.22. The van der Waals surface area contributed by atoms with Crippen LogP contribution < -0.4 is 0 Å². The molecule has 2 aromatic rings. The lowest BCUT2D eigenvalue weighted by molar-refractivity contribution is 0.851. The average Bonchev–Trinajstić information content (AvgIpc) is 2.51. The van der Waals surface area contributed by atoms with E-state index in [1.165, 1.54) is 0 Å². The molecule has 72 valence electrons. The van der Waals surface area contributed by atoms with Crippen LogP contribution in [0, 0.1) is 6.92 Å². The molecule has 0 N–H and O–H groups in total. The Balaban J connectivity index is 2.61. The van der Waals surface area contributed by atoms with Crippen molar-refractivity contribution in [3.8, 4) is 5.69 Å². The summed E-state index contributed by atoms with van der Waals surface area (Å²) in [6.45, 7) is 1.85. The summed E-state index contributed by atoms with van der Waals surface area (Å²) in [6, 6.07) is 0. The van der Waals surface area contributed by atoms with Crippen LogP contribution in [0.15, 0.2) is 27.7 Å². The minimum absolute atomic E-state index is 0.737. The molecule has 0 aliphatic carbocycles. The predicted molar refractivity (Wildman–Crippen MR) is 59.3 cm³/mol. The van der Waals surface area contributed by atoms with Gasteiger partial charge in [-0.1, -0.05) is 0 Å². The monoisotopic (exact) mass is 316 g/mol. The molecule has 0 spiro atoms. The van der Waals surface area contributed by atoms with Gasteiger partial charge in [-0.15, -0.1) is 0 Å². The van der Waals surface area contributed by atoms with Crippen molar-refractivity contribution in [2.45, 2.75) is 6.92 Å². The Kier molecular flexibility index (Phi) is 2.64. The van der Waals surface area contributed by atoms with Crippen LogP contribution in [-0.2, 0) is 0 Å². The Labute approximate surface area is 97.6 Å². The molecule has 0 fully saturated rings. The molecule has 14 heavy (non-hydrogen) atoms. The number of hydrogen-bond acceptors (Lipinski definition) is 3. The Hall–Kier alpha value is -0.750. The van der Waals surface area contributed by atoms with Gasteiger partial charge in [0.05, 0.1) is 14.6 Å². The molecule has 0 atom stereocenters. The van der Waals surface area contributed by atoms with E-state index in [-0.39, 0.29) is 0 Å². The van der Waals surface area contributed by atoms with Crippen LogP contribution in [0.25, 0.3) is 5.69 Å². The van der Waals surface area contributed by atoms with E-state index in [1.54, 1.807) is 23.4 Å². The second kappa shape index (κ2) is 3.78. The van der Waals surface area contributed by atoms with Gasteiger partial charge in [-0.25, -0.2) is 9.67 Å². The fourth-order valence-corrected chi connectivity index (χ4v) is 2.37. The third-order valence-corrected chi connectivity index (χ3v) is 2.82. The Bertz CT molecular complexity index is 446. The highest BCUT2D eigenvalue weighted by atomic mass is 79.9. The SMILES string of the molecule is Cc1ncn(-c2c(Br)cncc2Br)n1. The van der Waals surface area contributed by atoms with Gasteiger partial charge in [0.15, 0.2) is 0 Å². The zero-order valence-corrected chi connectivity index (χ0v) is 10.4. The molecule has 2 heterocycles.